The summed E-state index contributed by atoms with van der Waals surface area (Å²) in [5.74, 6) is 1.08. The van der Waals surface area contributed by atoms with Crippen LogP contribution in [0, 0.1) is 11.3 Å². The first-order valence-corrected chi connectivity index (χ1v) is 9.46. The number of hydrogen-bond donors (Lipinski definition) is 0. The molecule has 0 amide bonds. The smallest absolute Gasteiger partial charge is 0.163 e. The van der Waals surface area contributed by atoms with E-state index in [1.54, 1.807) is 0 Å². The summed E-state index contributed by atoms with van der Waals surface area (Å²) in [4.78, 5) is 4.77. The van der Waals surface area contributed by atoms with Gasteiger partial charge in [0, 0.05) is 23.0 Å². The largest absolute Gasteiger partial charge is 0.220 e. The molecule has 0 spiro atoms. The van der Waals surface area contributed by atoms with E-state index in [2.05, 4.69) is 53.1 Å². The molecule has 0 aliphatic heterocycles. The highest BCUT2D eigenvalue weighted by Gasteiger charge is 2.25. The van der Waals surface area contributed by atoms with Crippen molar-refractivity contribution in [1.29, 1.82) is 5.26 Å². The van der Waals surface area contributed by atoms with Crippen LogP contribution < -0.4 is 0 Å². The fourth-order valence-electron chi connectivity index (χ4n) is 2.90. The Morgan fingerprint density at radius 2 is 1.96 bits per heavy atom. The fourth-order valence-corrected chi connectivity index (χ4v) is 3.20. The van der Waals surface area contributed by atoms with Gasteiger partial charge in [0.2, 0.25) is 0 Å². The van der Waals surface area contributed by atoms with Crippen LogP contribution >= 0.6 is 15.9 Å². The van der Waals surface area contributed by atoms with Crippen molar-refractivity contribution >= 4 is 21.6 Å². The average Bonchev–Trinajstić information content (AvgIpc) is 3.05. The highest BCUT2D eigenvalue weighted by atomic mass is 79.9. The first kappa shape index (κ1) is 17.6. The Morgan fingerprint density at radius 1 is 1.24 bits per heavy atom. The van der Waals surface area contributed by atoms with Crippen LogP contribution in [0.5, 0.6) is 0 Å². The monoisotopic (exact) mass is 396 g/mol. The van der Waals surface area contributed by atoms with E-state index in [1.807, 2.05) is 42.8 Å². The van der Waals surface area contributed by atoms with Crippen molar-refractivity contribution in [3.05, 3.63) is 53.5 Å². The number of aromatic nitrogens is 3. The van der Waals surface area contributed by atoms with Crippen LogP contribution in [0.15, 0.2) is 36.5 Å². The second-order valence-electron chi connectivity index (χ2n) is 7.07. The molecule has 0 fully saturated rings. The summed E-state index contributed by atoms with van der Waals surface area (Å²) in [7, 11) is 0. The lowest BCUT2D eigenvalue weighted by molar-refractivity contribution is 0.689. The van der Waals surface area contributed by atoms with E-state index in [0.717, 1.165) is 39.1 Å². The summed E-state index contributed by atoms with van der Waals surface area (Å²) >= 11 is 3.54. The van der Waals surface area contributed by atoms with Crippen molar-refractivity contribution in [3.8, 4) is 17.2 Å². The van der Waals surface area contributed by atoms with E-state index in [0.29, 0.717) is 0 Å². The first-order chi connectivity index (χ1) is 11.9. The van der Waals surface area contributed by atoms with Crippen molar-refractivity contribution in [2.45, 2.75) is 44.4 Å². The number of halogens is 1. The molecule has 5 heteroatoms. The van der Waals surface area contributed by atoms with Crippen LogP contribution in [0.3, 0.4) is 0 Å². The maximum Gasteiger partial charge on any atom is 0.163 e. The van der Waals surface area contributed by atoms with E-state index < -0.39 is 5.41 Å². The van der Waals surface area contributed by atoms with E-state index in [1.165, 1.54) is 0 Å². The van der Waals surface area contributed by atoms with Crippen molar-refractivity contribution in [2.24, 2.45) is 0 Å². The molecule has 2 heterocycles. The molecule has 128 valence electrons. The first-order valence-electron chi connectivity index (χ1n) is 8.33. The molecule has 0 bridgehead atoms. The van der Waals surface area contributed by atoms with Gasteiger partial charge in [0.15, 0.2) is 11.5 Å². The molecule has 4 nitrogen and oxygen atoms in total. The molecule has 0 N–H and O–H groups in total. The highest BCUT2D eigenvalue weighted by molar-refractivity contribution is 9.08. The molecule has 0 saturated heterocycles. The number of nitrogens with zero attached hydrogens (tertiary/aromatic N) is 4. The summed E-state index contributed by atoms with van der Waals surface area (Å²) in [5.41, 5.74) is 4.40. The summed E-state index contributed by atoms with van der Waals surface area (Å²) in [6, 6.07) is 12.6. The molecule has 0 aliphatic carbocycles. The topological polar surface area (TPSA) is 54.0 Å². The number of nitriles is 1. The lowest BCUT2D eigenvalue weighted by Crippen LogP contribution is -2.15. The van der Waals surface area contributed by atoms with Gasteiger partial charge in [-0.15, -0.1) is 0 Å². The van der Waals surface area contributed by atoms with Gasteiger partial charge < -0.3 is 0 Å². The van der Waals surface area contributed by atoms with Crippen LogP contribution in [0.2, 0.25) is 0 Å². The van der Waals surface area contributed by atoms with Crippen molar-refractivity contribution in [3.63, 3.8) is 0 Å². The average molecular weight is 397 g/mol. The second-order valence-corrected chi connectivity index (χ2v) is 7.63. The number of rotatable bonds is 4. The molecular formula is C20H21BrN4. The Bertz CT molecular complexity index is 963. The minimum Gasteiger partial charge on any atom is -0.220 e. The van der Waals surface area contributed by atoms with Gasteiger partial charge in [0.1, 0.15) is 0 Å². The molecule has 1 aromatic carbocycles. The Morgan fingerprint density at radius 3 is 2.60 bits per heavy atom. The fraction of sp³-hybridized carbons (Fsp3) is 0.350. The van der Waals surface area contributed by atoms with E-state index in [9.17, 15) is 5.26 Å². The van der Waals surface area contributed by atoms with E-state index in [4.69, 9.17) is 4.98 Å². The predicted octanol–water partition coefficient (Wildman–Crippen LogP) is 5.22. The molecule has 0 saturated carbocycles. The van der Waals surface area contributed by atoms with Crippen molar-refractivity contribution in [1.82, 2.24) is 14.6 Å². The highest BCUT2D eigenvalue weighted by Crippen LogP contribution is 2.35. The lowest BCUT2D eigenvalue weighted by atomic mass is 9.81. The molecule has 25 heavy (non-hydrogen) atoms. The molecular weight excluding hydrogens is 376 g/mol. The maximum absolute atomic E-state index is 9.62. The number of hydrogen-bond acceptors (Lipinski definition) is 3. The third kappa shape index (κ3) is 3.19. The summed E-state index contributed by atoms with van der Waals surface area (Å²) in [5, 5.41) is 15.0. The van der Waals surface area contributed by atoms with Crippen LogP contribution in [0.25, 0.3) is 16.8 Å². The zero-order valence-electron chi connectivity index (χ0n) is 14.9. The number of pyridine rings is 1. The standard InChI is InChI=1S/C20H21BrN4/c1-13(2)18-23-19-16(9-14(10-21)11-25(19)24-18)15-7-5-6-8-17(15)20(3,4)12-22/h5-9,11,13H,10H2,1-4H3. The van der Waals surface area contributed by atoms with Crippen LogP contribution in [0.1, 0.15) is 50.6 Å². The zero-order valence-corrected chi connectivity index (χ0v) is 16.5. The lowest BCUT2D eigenvalue weighted by Gasteiger charge is -2.20. The molecule has 0 radical (unpaired) electrons. The normalized spacial score (nSPS) is 11.9. The third-order valence-corrected chi connectivity index (χ3v) is 4.99. The van der Waals surface area contributed by atoms with Gasteiger partial charge in [-0.2, -0.15) is 10.4 Å². The number of fused-ring (bicyclic) bond motifs is 1. The minimum atomic E-state index is -0.584. The van der Waals surface area contributed by atoms with Gasteiger partial charge in [0.25, 0.3) is 0 Å². The molecule has 0 atom stereocenters. The van der Waals surface area contributed by atoms with Crippen molar-refractivity contribution < 1.29 is 0 Å². The van der Waals surface area contributed by atoms with Crippen LogP contribution in [0.4, 0.5) is 0 Å². The van der Waals surface area contributed by atoms with Gasteiger partial charge in [0.05, 0.1) is 11.5 Å². The third-order valence-electron chi connectivity index (χ3n) is 4.35. The van der Waals surface area contributed by atoms with Crippen LogP contribution in [-0.2, 0) is 10.7 Å². The molecule has 0 aliphatic rings. The van der Waals surface area contributed by atoms with Gasteiger partial charge in [-0.1, -0.05) is 54.0 Å². The van der Waals surface area contributed by atoms with Gasteiger partial charge in [-0.25, -0.2) is 9.50 Å². The molecule has 3 rings (SSSR count). The van der Waals surface area contributed by atoms with E-state index in [-0.39, 0.29) is 5.92 Å². The quantitative estimate of drug-likeness (QED) is 0.568. The number of alkyl halides is 1. The maximum atomic E-state index is 9.62. The molecule has 3 aromatic rings. The Hall–Kier alpha value is -2.19. The Labute approximate surface area is 156 Å². The predicted molar refractivity (Wildman–Crippen MR) is 104 cm³/mol. The summed E-state index contributed by atoms with van der Waals surface area (Å²) in [6.45, 7) is 8.07. The zero-order chi connectivity index (χ0) is 18.2. The number of benzene rings is 1. The van der Waals surface area contributed by atoms with Gasteiger partial charge >= 0.3 is 0 Å². The molecule has 2 aromatic heterocycles. The summed E-state index contributed by atoms with van der Waals surface area (Å²) in [6.07, 6.45) is 2.00. The van der Waals surface area contributed by atoms with Gasteiger partial charge in [-0.3, -0.25) is 0 Å². The van der Waals surface area contributed by atoms with E-state index >= 15 is 0 Å². The second kappa shape index (κ2) is 6.61. The minimum absolute atomic E-state index is 0.256. The Balaban J connectivity index is 2.35. The summed E-state index contributed by atoms with van der Waals surface area (Å²) < 4.78 is 1.86. The van der Waals surface area contributed by atoms with Gasteiger partial charge in [-0.05, 0) is 36.6 Å². The van der Waals surface area contributed by atoms with Crippen LogP contribution in [-0.4, -0.2) is 14.6 Å². The van der Waals surface area contributed by atoms with Crippen molar-refractivity contribution in [2.75, 3.05) is 0 Å². The SMILES string of the molecule is CC(C)c1nc2c(-c3ccccc3C(C)(C)C#N)cc(CBr)cn2n1. The Kier molecular flexibility index (Phi) is 4.66. The molecule has 0 unspecified atom stereocenters.